The zero-order chi connectivity index (χ0) is 13.7. The topological polar surface area (TPSA) is 69.6 Å². The van der Waals surface area contributed by atoms with Crippen LogP contribution in [0.15, 0.2) is 0 Å². The van der Waals surface area contributed by atoms with E-state index in [1.165, 1.54) is 38.5 Å². The van der Waals surface area contributed by atoms with Crippen LogP contribution in [-0.4, -0.2) is 20.2 Å². The molecule has 1 aromatic rings. The van der Waals surface area contributed by atoms with Crippen molar-refractivity contribution in [1.82, 2.24) is 20.2 Å². The summed E-state index contributed by atoms with van der Waals surface area (Å²) in [6.45, 7) is 2.87. The summed E-state index contributed by atoms with van der Waals surface area (Å²) in [7, 11) is 0. The van der Waals surface area contributed by atoms with Crippen molar-refractivity contribution in [2.45, 2.75) is 64.5 Å². The first-order valence-corrected chi connectivity index (χ1v) is 8.19. The van der Waals surface area contributed by atoms with Crippen LogP contribution in [0.4, 0.5) is 0 Å². The van der Waals surface area contributed by atoms with Crippen LogP contribution in [0.25, 0.3) is 0 Å². The van der Waals surface area contributed by atoms with E-state index in [1.807, 2.05) is 4.68 Å². The number of aromatic nitrogens is 4. The summed E-state index contributed by atoms with van der Waals surface area (Å²) in [6, 6.07) is 0.00111. The van der Waals surface area contributed by atoms with Crippen molar-refractivity contribution in [2.75, 3.05) is 0 Å². The summed E-state index contributed by atoms with van der Waals surface area (Å²) in [4.78, 5) is 0. The highest BCUT2D eigenvalue weighted by Crippen LogP contribution is 2.62. The van der Waals surface area contributed by atoms with E-state index in [9.17, 15) is 0 Å². The Morgan fingerprint density at radius 3 is 2.35 bits per heavy atom. The predicted molar refractivity (Wildman–Crippen MR) is 75.6 cm³/mol. The Hall–Kier alpha value is -0.970. The molecule has 4 saturated carbocycles. The summed E-state index contributed by atoms with van der Waals surface area (Å²) in [5.41, 5.74) is 6.97. The molecular formula is C15H25N5. The van der Waals surface area contributed by atoms with E-state index in [-0.39, 0.29) is 6.04 Å². The predicted octanol–water partition coefficient (Wildman–Crippen LogP) is 2.30. The molecular weight excluding hydrogens is 250 g/mol. The lowest BCUT2D eigenvalue weighted by Gasteiger charge is -2.57. The maximum Gasteiger partial charge on any atom is 0.168 e. The fraction of sp³-hybridized carbons (Fsp3) is 0.933. The van der Waals surface area contributed by atoms with E-state index in [4.69, 9.17) is 5.73 Å². The fourth-order valence-corrected chi connectivity index (χ4v) is 5.80. The van der Waals surface area contributed by atoms with Gasteiger partial charge in [-0.25, -0.2) is 4.68 Å². The van der Waals surface area contributed by atoms with E-state index >= 15 is 0 Å². The van der Waals surface area contributed by atoms with Crippen molar-refractivity contribution in [1.29, 1.82) is 0 Å². The molecule has 1 atom stereocenters. The lowest BCUT2D eigenvalue weighted by Crippen LogP contribution is -2.47. The molecule has 1 aromatic heterocycles. The first kappa shape index (κ1) is 12.7. The van der Waals surface area contributed by atoms with Crippen LogP contribution >= 0.6 is 0 Å². The van der Waals surface area contributed by atoms with Crippen LogP contribution in [0.2, 0.25) is 0 Å². The Morgan fingerprint density at radius 1 is 1.20 bits per heavy atom. The van der Waals surface area contributed by atoms with Crippen molar-refractivity contribution >= 4 is 0 Å². The van der Waals surface area contributed by atoms with Gasteiger partial charge in [0, 0.05) is 6.54 Å². The monoisotopic (exact) mass is 275 g/mol. The molecule has 5 heteroatoms. The fourth-order valence-electron chi connectivity index (χ4n) is 5.80. The number of tetrazole rings is 1. The third kappa shape index (κ3) is 1.98. The van der Waals surface area contributed by atoms with Crippen LogP contribution in [0.5, 0.6) is 0 Å². The summed E-state index contributed by atoms with van der Waals surface area (Å²) in [5, 5.41) is 12.0. The largest absolute Gasteiger partial charge is 0.321 e. The van der Waals surface area contributed by atoms with Crippen LogP contribution in [0.3, 0.4) is 0 Å². The third-order valence-electron chi connectivity index (χ3n) is 6.01. The second kappa shape index (κ2) is 4.52. The van der Waals surface area contributed by atoms with Gasteiger partial charge in [-0.1, -0.05) is 0 Å². The first-order valence-electron chi connectivity index (χ1n) is 8.19. The molecule has 0 spiro atoms. The van der Waals surface area contributed by atoms with E-state index in [0.29, 0.717) is 5.41 Å². The average molecular weight is 275 g/mol. The second-order valence-corrected chi connectivity index (χ2v) is 7.58. The number of hydrogen-bond acceptors (Lipinski definition) is 4. The summed E-state index contributed by atoms with van der Waals surface area (Å²) in [5.74, 6) is 3.82. The molecule has 0 radical (unpaired) electrons. The van der Waals surface area contributed by atoms with E-state index in [0.717, 1.165) is 36.5 Å². The van der Waals surface area contributed by atoms with Crippen molar-refractivity contribution in [3.8, 4) is 0 Å². The van der Waals surface area contributed by atoms with Crippen LogP contribution in [0.1, 0.15) is 63.7 Å². The molecule has 4 aliphatic carbocycles. The van der Waals surface area contributed by atoms with Crippen molar-refractivity contribution in [3.05, 3.63) is 5.82 Å². The smallest absolute Gasteiger partial charge is 0.168 e. The SMILES string of the molecule is CCn1nnnc1C(N)CC12CC3CC(CC(C3)C1)C2. The number of nitrogens with two attached hydrogens (primary N) is 1. The minimum atomic E-state index is 0.00111. The summed E-state index contributed by atoms with van der Waals surface area (Å²) < 4.78 is 1.85. The van der Waals surface area contributed by atoms with Gasteiger partial charge in [0.25, 0.3) is 0 Å². The van der Waals surface area contributed by atoms with Crippen LogP contribution in [0, 0.1) is 23.2 Å². The molecule has 4 bridgehead atoms. The number of rotatable bonds is 4. The molecule has 5 nitrogen and oxygen atoms in total. The van der Waals surface area contributed by atoms with E-state index in [1.54, 1.807) is 0 Å². The molecule has 20 heavy (non-hydrogen) atoms. The van der Waals surface area contributed by atoms with Gasteiger partial charge in [0.05, 0.1) is 6.04 Å². The lowest BCUT2D eigenvalue weighted by atomic mass is 9.48. The molecule has 0 amide bonds. The van der Waals surface area contributed by atoms with Crippen molar-refractivity contribution in [3.63, 3.8) is 0 Å². The minimum Gasteiger partial charge on any atom is -0.321 e. The van der Waals surface area contributed by atoms with E-state index < -0.39 is 0 Å². The van der Waals surface area contributed by atoms with Crippen LogP contribution < -0.4 is 5.73 Å². The Balaban J connectivity index is 1.54. The highest BCUT2D eigenvalue weighted by molar-refractivity contribution is 5.04. The molecule has 1 heterocycles. The highest BCUT2D eigenvalue weighted by atomic mass is 15.5. The summed E-state index contributed by atoms with van der Waals surface area (Å²) >= 11 is 0. The Labute approximate surface area is 120 Å². The standard InChI is InChI=1S/C15H25N5/c1-2-20-14(17-18-19-20)13(16)9-15-6-10-3-11(7-15)5-12(4-10)8-15/h10-13H,2-9,16H2,1H3. The zero-order valence-electron chi connectivity index (χ0n) is 12.3. The van der Waals surface area contributed by atoms with Gasteiger partial charge in [-0.15, -0.1) is 5.10 Å². The quantitative estimate of drug-likeness (QED) is 0.915. The maximum absolute atomic E-state index is 6.47. The third-order valence-corrected chi connectivity index (χ3v) is 6.01. The Bertz CT molecular complexity index is 459. The van der Waals surface area contributed by atoms with Crippen molar-refractivity contribution in [2.24, 2.45) is 28.9 Å². The maximum atomic E-state index is 6.47. The molecule has 2 N–H and O–H groups in total. The summed E-state index contributed by atoms with van der Waals surface area (Å²) in [6.07, 6.45) is 9.75. The number of aryl methyl sites for hydroxylation is 1. The number of hydrogen-bond donors (Lipinski definition) is 1. The molecule has 110 valence electrons. The lowest BCUT2D eigenvalue weighted by molar-refractivity contribution is -0.0610. The van der Waals surface area contributed by atoms with Gasteiger partial charge in [-0.2, -0.15) is 0 Å². The average Bonchev–Trinajstić information content (AvgIpc) is 2.84. The van der Waals surface area contributed by atoms with E-state index in [2.05, 4.69) is 22.4 Å². The zero-order valence-corrected chi connectivity index (χ0v) is 12.3. The van der Waals surface area contributed by atoms with Gasteiger partial charge in [0.1, 0.15) is 0 Å². The minimum absolute atomic E-state index is 0.00111. The van der Waals surface area contributed by atoms with Gasteiger partial charge >= 0.3 is 0 Å². The Morgan fingerprint density at radius 2 is 1.80 bits per heavy atom. The second-order valence-electron chi connectivity index (χ2n) is 7.58. The molecule has 1 unspecified atom stereocenters. The molecule has 4 aliphatic rings. The van der Waals surface area contributed by atoms with Gasteiger partial charge < -0.3 is 5.73 Å². The molecule has 5 rings (SSSR count). The molecule has 0 saturated heterocycles. The Kier molecular flexibility index (Phi) is 2.88. The molecule has 0 aliphatic heterocycles. The van der Waals surface area contributed by atoms with Gasteiger partial charge in [-0.05, 0) is 85.5 Å². The van der Waals surface area contributed by atoms with Crippen LogP contribution in [-0.2, 0) is 6.54 Å². The van der Waals surface area contributed by atoms with Gasteiger partial charge in [0.2, 0.25) is 0 Å². The molecule has 0 aromatic carbocycles. The molecule has 4 fully saturated rings. The normalized spacial score (nSPS) is 40.2. The van der Waals surface area contributed by atoms with Crippen molar-refractivity contribution < 1.29 is 0 Å². The first-order chi connectivity index (χ1) is 9.67. The van der Waals surface area contributed by atoms with Gasteiger partial charge in [-0.3, -0.25) is 0 Å². The highest BCUT2D eigenvalue weighted by Gasteiger charge is 2.51. The number of nitrogens with zero attached hydrogens (tertiary/aromatic N) is 4. The van der Waals surface area contributed by atoms with Gasteiger partial charge in [0.15, 0.2) is 5.82 Å².